The van der Waals surface area contributed by atoms with Gasteiger partial charge in [-0.2, -0.15) is 0 Å². The number of hydrogen-bond acceptors (Lipinski definition) is 12. The number of rotatable bonds is 10. The summed E-state index contributed by atoms with van der Waals surface area (Å²) >= 11 is 0. The number of hydrogen-bond donors (Lipinski definition) is 12. The summed E-state index contributed by atoms with van der Waals surface area (Å²) in [6.45, 7) is -1.69. The van der Waals surface area contributed by atoms with Gasteiger partial charge in [-0.15, -0.1) is 12.4 Å². The first kappa shape index (κ1) is 30.6. The smallest absolute Gasteiger partial charge is 0.335 e. The van der Waals surface area contributed by atoms with Crippen LogP contribution < -0.4 is 0 Å². The molecule has 0 aliphatic heterocycles. The third kappa shape index (κ3) is 10.7. The van der Waals surface area contributed by atoms with Gasteiger partial charge >= 0.3 is 11.9 Å². The van der Waals surface area contributed by atoms with E-state index in [-0.39, 0.29) is 12.4 Å². The quantitative estimate of drug-likeness (QED) is 0.154. The third-order valence-corrected chi connectivity index (χ3v) is 3.02. The first-order valence-electron chi connectivity index (χ1n) is 6.95. The van der Waals surface area contributed by atoms with Crippen LogP contribution in [0.15, 0.2) is 0 Å². The molecule has 27 heavy (non-hydrogen) atoms. The van der Waals surface area contributed by atoms with E-state index in [9.17, 15) is 9.59 Å². The van der Waals surface area contributed by atoms with Crippen LogP contribution in [0.2, 0.25) is 0 Å². The van der Waals surface area contributed by atoms with E-state index < -0.39 is 74.0 Å². The molecule has 0 saturated carbocycles. The van der Waals surface area contributed by atoms with Crippen LogP contribution in [-0.2, 0) is 9.59 Å². The van der Waals surface area contributed by atoms with Gasteiger partial charge in [0.1, 0.15) is 36.6 Å². The Morgan fingerprint density at radius 1 is 0.556 bits per heavy atom. The minimum atomic E-state index is -2.20. The van der Waals surface area contributed by atoms with Crippen molar-refractivity contribution in [3.05, 3.63) is 0 Å². The fourth-order valence-electron chi connectivity index (χ4n) is 1.34. The first-order valence-corrected chi connectivity index (χ1v) is 6.95. The van der Waals surface area contributed by atoms with Crippen molar-refractivity contribution < 1.29 is 70.9 Å². The van der Waals surface area contributed by atoms with E-state index in [0.717, 1.165) is 0 Å². The van der Waals surface area contributed by atoms with Crippen LogP contribution in [0.3, 0.4) is 0 Å². The van der Waals surface area contributed by atoms with Crippen LogP contribution in [-0.4, -0.2) is 135 Å². The standard InChI is InChI=1S/2C6H12O7.ClH/c2*7-1-2(8)3(9)4(10)5(11)6(12)13;/h2*2-5,7-11H,1H2,(H,12,13);1H/t2*2-,3+,4+,5+;/m11./s1. The van der Waals surface area contributed by atoms with Gasteiger partial charge in [-0.05, 0) is 0 Å². The molecule has 0 radical (unpaired) electrons. The van der Waals surface area contributed by atoms with Gasteiger partial charge in [0.05, 0.1) is 13.2 Å². The van der Waals surface area contributed by atoms with Crippen molar-refractivity contribution >= 4 is 24.3 Å². The van der Waals surface area contributed by atoms with Gasteiger partial charge in [0.15, 0.2) is 12.2 Å². The Kier molecular flexibility index (Phi) is 16.8. The van der Waals surface area contributed by atoms with Crippen molar-refractivity contribution in [1.29, 1.82) is 0 Å². The zero-order valence-electron chi connectivity index (χ0n) is 13.6. The van der Waals surface area contributed by atoms with E-state index in [1.165, 1.54) is 0 Å². The van der Waals surface area contributed by atoms with Gasteiger partial charge in [0.25, 0.3) is 0 Å². The van der Waals surface area contributed by atoms with Crippen molar-refractivity contribution in [1.82, 2.24) is 0 Å². The molecule has 0 saturated heterocycles. The summed E-state index contributed by atoms with van der Waals surface area (Å²) in [6.07, 6.45) is -15.7. The summed E-state index contributed by atoms with van der Waals surface area (Å²) in [5.74, 6) is -3.45. The van der Waals surface area contributed by atoms with Crippen LogP contribution in [0.25, 0.3) is 0 Å². The number of aliphatic carboxylic acids is 2. The summed E-state index contributed by atoms with van der Waals surface area (Å²) in [4.78, 5) is 20.2. The molecule has 14 nitrogen and oxygen atoms in total. The SMILES string of the molecule is Cl.O=C(O)[C@@H](O)[C@@H](O)[C@@H](O)[C@H](O)CO.O=C(O)[C@@H](O)[C@@H](O)[C@@H](O)[C@H](O)CO. The molecular weight excluding hydrogens is 404 g/mol. The molecule has 0 fully saturated rings. The Morgan fingerprint density at radius 3 is 0.926 bits per heavy atom. The number of aliphatic hydroxyl groups is 10. The van der Waals surface area contributed by atoms with Crippen molar-refractivity contribution in [3.8, 4) is 0 Å². The maximum Gasteiger partial charge on any atom is 0.335 e. The van der Waals surface area contributed by atoms with E-state index in [0.29, 0.717) is 0 Å². The molecule has 0 rings (SSSR count). The van der Waals surface area contributed by atoms with Gasteiger partial charge in [-0.25, -0.2) is 9.59 Å². The molecule has 0 aromatic rings. The lowest BCUT2D eigenvalue weighted by molar-refractivity contribution is -0.164. The average molecular weight is 429 g/mol. The normalized spacial score (nSPS) is 19.6. The van der Waals surface area contributed by atoms with E-state index >= 15 is 0 Å². The van der Waals surface area contributed by atoms with Crippen molar-refractivity contribution in [2.45, 2.75) is 48.8 Å². The predicted molar refractivity (Wildman–Crippen MR) is 84.7 cm³/mol. The van der Waals surface area contributed by atoms with Crippen LogP contribution >= 0.6 is 12.4 Å². The highest BCUT2D eigenvalue weighted by Crippen LogP contribution is 2.05. The molecular formula is C12H25ClO14. The Bertz CT molecular complexity index is 385. The van der Waals surface area contributed by atoms with E-state index in [1.807, 2.05) is 0 Å². The second-order valence-electron chi connectivity index (χ2n) is 5.03. The van der Waals surface area contributed by atoms with Crippen LogP contribution in [0.5, 0.6) is 0 Å². The average Bonchev–Trinajstić information content (AvgIpc) is 2.62. The first-order chi connectivity index (χ1) is 11.8. The molecule has 0 aromatic carbocycles. The number of aliphatic hydroxyl groups excluding tert-OH is 10. The van der Waals surface area contributed by atoms with Gasteiger partial charge in [-0.1, -0.05) is 0 Å². The molecule has 0 unspecified atom stereocenters. The predicted octanol–water partition coefficient (Wildman–Crippen LogP) is -6.56. The van der Waals surface area contributed by atoms with E-state index in [1.54, 1.807) is 0 Å². The van der Waals surface area contributed by atoms with Crippen LogP contribution in [0.4, 0.5) is 0 Å². The Hall–Kier alpha value is -1.17. The summed E-state index contributed by atoms with van der Waals surface area (Å²) in [5, 5.41) is 104. The monoisotopic (exact) mass is 428 g/mol. The largest absolute Gasteiger partial charge is 0.479 e. The molecule has 0 amide bonds. The van der Waals surface area contributed by atoms with Gasteiger partial charge in [0, 0.05) is 0 Å². The molecule has 0 spiro atoms. The summed E-state index contributed by atoms with van der Waals surface area (Å²) in [7, 11) is 0. The highest BCUT2D eigenvalue weighted by Gasteiger charge is 2.34. The van der Waals surface area contributed by atoms with Crippen molar-refractivity contribution in [2.75, 3.05) is 13.2 Å². The Balaban J connectivity index is -0.000000411. The Morgan fingerprint density at radius 2 is 0.778 bits per heavy atom. The van der Waals surface area contributed by atoms with Gasteiger partial charge in [-0.3, -0.25) is 0 Å². The molecule has 8 atom stereocenters. The highest BCUT2D eigenvalue weighted by molar-refractivity contribution is 5.85. The summed E-state index contributed by atoms with van der Waals surface area (Å²) in [6, 6.07) is 0. The maximum atomic E-state index is 10.1. The van der Waals surface area contributed by atoms with Crippen LogP contribution in [0.1, 0.15) is 0 Å². The lowest BCUT2D eigenvalue weighted by atomic mass is 10.0. The second-order valence-corrected chi connectivity index (χ2v) is 5.03. The molecule has 0 heterocycles. The maximum absolute atomic E-state index is 10.1. The molecule has 0 bridgehead atoms. The van der Waals surface area contributed by atoms with Crippen molar-refractivity contribution in [3.63, 3.8) is 0 Å². The number of carboxylic acids is 2. The van der Waals surface area contributed by atoms with Crippen LogP contribution in [0, 0.1) is 0 Å². The molecule has 0 aromatic heterocycles. The highest BCUT2D eigenvalue weighted by atomic mass is 35.5. The number of halogens is 1. The fourth-order valence-corrected chi connectivity index (χ4v) is 1.34. The fraction of sp³-hybridized carbons (Fsp3) is 0.833. The lowest BCUT2D eigenvalue weighted by Gasteiger charge is -2.23. The zero-order valence-corrected chi connectivity index (χ0v) is 14.4. The number of carbonyl (C=O) groups is 2. The topological polar surface area (TPSA) is 277 Å². The van der Waals surface area contributed by atoms with E-state index in [2.05, 4.69) is 0 Å². The molecule has 0 aliphatic rings. The van der Waals surface area contributed by atoms with Gasteiger partial charge < -0.3 is 61.3 Å². The number of carboxylic acid groups (broad SMARTS) is 2. The Labute approximate surface area is 158 Å². The lowest BCUT2D eigenvalue weighted by Crippen LogP contribution is -2.48. The minimum Gasteiger partial charge on any atom is -0.479 e. The zero-order chi connectivity index (χ0) is 21.2. The molecule has 15 heteroatoms. The minimum absolute atomic E-state index is 0. The van der Waals surface area contributed by atoms with Crippen molar-refractivity contribution in [2.24, 2.45) is 0 Å². The second kappa shape index (κ2) is 14.8. The third-order valence-electron chi connectivity index (χ3n) is 3.02. The summed E-state index contributed by atoms with van der Waals surface area (Å²) < 4.78 is 0. The van der Waals surface area contributed by atoms with Gasteiger partial charge in [0.2, 0.25) is 0 Å². The summed E-state index contributed by atoms with van der Waals surface area (Å²) in [5.41, 5.74) is 0. The molecule has 0 aliphatic carbocycles. The van der Waals surface area contributed by atoms with E-state index in [4.69, 9.17) is 61.3 Å². The molecule has 164 valence electrons. The molecule has 12 N–H and O–H groups in total.